The first kappa shape index (κ1) is 12.2. The van der Waals surface area contributed by atoms with E-state index in [1.54, 1.807) is 6.92 Å². The largest absolute Gasteiger partial charge is 0.283 e. The molecule has 1 aliphatic heterocycles. The second-order valence-corrected chi connectivity index (χ2v) is 3.96. The van der Waals surface area contributed by atoms with Crippen molar-refractivity contribution in [3.8, 4) is 12.1 Å². The molecule has 0 aromatic rings. The molecule has 5 heteroatoms. The molecule has 5 nitrogen and oxygen atoms in total. The molecule has 1 rings (SSSR count). The van der Waals surface area contributed by atoms with Gasteiger partial charge >= 0.3 is 0 Å². The zero-order valence-electron chi connectivity index (χ0n) is 9.14. The van der Waals surface area contributed by atoms with Crippen molar-refractivity contribution in [3.05, 3.63) is 0 Å². The summed E-state index contributed by atoms with van der Waals surface area (Å²) in [5, 5.41) is 17.3. The fourth-order valence-corrected chi connectivity index (χ4v) is 1.70. The molecule has 1 atom stereocenters. The number of likely N-dealkylation sites (tertiary alicyclic amines) is 1. The lowest BCUT2D eigenvalue weighted by Crippen LogP contribution is -2.33. The van der Waals surface area contributed by atoms with Gasteiger partial charge < -0.3 is 0 Å². The third-order valence-electron chi connectivity index (χ3n) is 2.72. The van der Waals surface area contributed by atoms with Gasteiger partial charge in [-0.2, -0.15) is 10.5 Å². The van der Waals surface area contributed by atoms with Crippen molar-refractivity contribution in [1.29, 1.82) is 10.5 Å². The van der Waals surface area contributed by atoms with Crippen LogP contribution in [0.1, 0.15) is 26.2 Å². The van der Waals surface area contributed by atoms with Gasteiger partial charge in [-0.15, -0.1) is 0 Å². The normalized spacial score (nSPS) is 17.0. The maximum absolute atomic E-state index is 11.7. The highest BCUT2D eigenvalue weighted by Crippen LogP contribution is 2.18. The van der Waals surface area contributed by atoms with Crippen LogP contribution in [0.4, 0.5) is 0 Å². The first-order valence-corrected chi connectivity index (χ1v) is 5.22. The van der Waals surface area contributed by atoms with Gasteiger partial charge in [-0.25, -0.2) is 0 Å². The molecule has 1 aliphatic rings. The standard InChI is InChI=1S/C11H13N3O2/c1-8(9(6-12)7-13)5-11(16)14-4-2-3-10(14)15/h8-9H,2-5H2,1H3/t8-/m0/s1. The second kappa shape index (κ2) is 5.27. The smallest absolute Gasteiger partial charge is 0.229 e. The molecule has 1 heterocycles. The number of amides is 2. The van der Waals surface area contributed by atoms with Crippen LogP contribution in [0.25, 0.3) is 0 Å². The average Bonchev–Trinajstić information content (AvgIpc) is 2.66. The maximum atomic E-state index is 11.7. The molecule has 0 aromatic heterocycles. The summed E-state index contributed by atoms with van der Waals surface area (Å²) in [6.07, 6.45) is 1.20. The molecule has 0 aromatic carbocycles. The molecular weight excluding hydrogens is 206 g/mol. The van der Waals surface area contributed by atoms with E-state index < -0.39 is 5.92 Å². The molecule has 1 fully saturated rings. The fraction of sp³-hybridized carbons (Fsp3) is 0.636. The van der Waals surface area contributed by atoms with E-state index in [0.29, 0.717) is 19.4 Å². The minimum absolute atomic E-state index is 0.0809. The molecule has 0 aliphatic carbocycles. The van der Waals surface area contributed by atoms with Crippen LogP contribution in [0, 0.1) is 34.5 Å². The minimum atomic E-state index is -0.790. The molecule has 16 heavy (non-hydrogen) atoms. The van der Waals surface area contributed by atoms with Crippen LogP contribution in [-0.2, 0) is 9.59 Å². The van der Waals surface area contributed by atoms with Gasteiger partial charge in [-0.3, -0.25) is 14.5 Å². The summed E-state index contributed by atoms with van der Waals surface area (Å²) in [5.74, 6) is -1.55. The van der Waals surface area contributed by atoms with Crippen molar-refractivity contribution < 1.29 is 9.59 Å². The SMILES string of the molecule is C[C@@H](CC(=O)N1CCCC1=O)C(C#N)C#N. The molecule has 0 N–H and O–H groups in total. The lowest BCUT2D eigenvalue weighted by atomic mass is 9.93. The highest BCUT2D eigenvalue weighted by Gasteiger charge is 2.29. The summed E-state index contributed by atoms with van der Waals surface area (Å²) in [7, 11) is 0. The number of hydrogen-bond acceptors (Lipinski definition) is 4. The van der Waals surface area contributed by atoms with E-state index in [4.69, 9.17) is 10.5 Å². The summed E-state index contributed by atoms with van der Waals surface area (Å²) in [6, 6.07) is 3.68. The van der Waals surface area contributed by atoms with Gasteiger partial charge in [0.2, 0.25) is 11.8 Å². The van der Waals surface area contributed by atoms with E-state index in [-0.39, 0.29) is 24.2 Å². The summed E-state index contributed by atoms with van der Waals surface area (Å²) in [6.45, 7) is 2.14. The molecule has 0 saturated carbocycles. The quantitative estimate of drug-likeness (QED) is 0.703. The Morgan fingerprint density at radius 1 is 1.50 bits per heavy atom. The van der Waals surface area contributed by atoms with Gasteiger partial charge in [0.05, 0.1) is 12.1 Å². The number of nitriles is 2. The van der Waals surface area contributed by atoms with Crippen molar-refractivity contribution >= 4 is 11.8 Å². The van der Waals surface area contributed by atoms with Crippen LogP contribution in [0.2, 0.25) is 0 Å². The van der Waals surface area contributed by atoms with E-state index in [1.807, 2.05) is 12.1 Å². The highest BCUT2D eigenvalue weighted by atomic mass is 16.2. The van der Waals surface area contributed by atoms with Gasteiger partial charge in [-0.05, 0) is 12.3 Å². The minimum Gasteiger partial charge on any atom is -0.283 e. The van der Waals surface area contributed by atoms with Crippen molar-refractivity contribution in [2.24, 2.45) is 11.8 Å². The summed E-state index contributed by atoms with van der Waals surface area (Å²) >= 11 is 0. The zero-order valence-corrected chi connectivity index (χ0v) is 9.14. The van der Waals surface area contributed by atoms with Crippen LogP contribution in [0.15, 0.2) is 0 Å². The van der Waals surface area contributed by atoms with Crippen LogP contribution >= 0.6 is 0 Å². The number of imide groups is 1. The molecule has 0 bridgehead atoms. The molecule has 1 saturated heterocycles. The van der Waals surface area contributed by atoms with Crippen LogP contribution in [0.5, 0.6) is 0 Å². The molecule has 0 unspecified atom stereocenters. The lowest BCUT2D eigenvalue weighted by Gasteiger charge is -2.17. The summed E-state index contributed by atoms with van der Waals surface area (Å²) in [4.78, 5) is 24.2. The molecule has 0 spiro atoms. The third kappa shape index (κ3) is 2.58. The van der Waals surface area contributed by atoms with Crippen LogP contribution in [-0.4, -0.2) is 23.3 Å². The van der Waals surface area contributed by atoms with Gasteiger partial charge in [0.15, 0.2) is 0 Å². The molecule has 84 valence electrons. The van der Waals surface area contributed by atoms with Crippen molar-refractivity contribution in [3.63, 3.8) is 0 Å². The van der Waals surface area contributed by atoms with E-state index in [0.717, 1.165) is 0 Å². The van der Waals surface area contributed by atoms with Crippen molar-refractivity contribution in [2.75, 3.05) is 6.54 Å². The molecular formula is C11H13N3O2. The Morgan fingerprint density at radius 3 is 2.56 bits per heavy atom. The number of carbonyl (C=O) groups is 2. The average molecular weight is 219 g/mol. The first-order chi connectivity index (χ1) is 7.60. The maximum Gasteiger partial charge on any atom is 0.229 e. The van der Waals surface area contributed by atoms with E-state index >= 15 is 0 Å². The van der Waals surface area contributed by atoms with E-state index in [9.17, 15) is 9.59 Å². The predicted molar refractivity (Wildman–Crippen MR) is 54.5 cm³/mol. The second-order valence-electron chi connectivity index (χ2n) is 3.96. The summed E-state index contributed by atoms with van der Waals surface area (Å²) < 4.78 is 0. The Hall–Kier alpha value is -1.88. The first-order valence-electron chi connectivity index (χ1n) is 5.22. The zero-order chi connectivity index (χ0) is 12.1. The van der Waals surface area contributed by atoms with Crippen molar-refractivity contribution in [1.82, 2.24) is 4.90 Å². The Morgan fingerprint density at radius 2 is 2.12 bits per heavy atom. The van der Waals surface area contributed by atoms with Gasteiger partial charge in [0.25, 0.3) is 0 Å². The Balaban J connectivity index is 2.55. The molecule has 2 amide bonds. The topological polar surface area (TPSA) is 85.0 Å². The Labute approximate surface area is 94.3 Å². The predicted octanol–water partition coefficient (Wildman–Crippen LogP) is 0.825. The lowest BCUT2D eigenvalue weighted by molar-refractivity contribution is -0.142. The van der Waals surface area contributed by atoms with Gasteiger partial charge in [0.1, 0.15) is 5.92 Å². The molecule has 0 radical (unpaired) electrons. The third-order valence-corrected chi connectivity index (χ3v) is 2.72. The number of nitrogens with zero attached hydrogens (tertiary/aromatic N) is 3. The van der Waals surface area contributed by atoms with Crippen LogP contribution < -0.4 is 0 Å². The van der Waals surface area contributed by atoms with Crippen LogP contribution in [0.3, 0.4) is 0 Å². The highest BCUT2D eigenvalue weighted by molar-refractivity contribution is 5.96. The summed E-state index contributed by atoms with van der Waals surface area (Å²) in [5.41, 5.74) is 0. The fourth-order valence-electron chi connectivity index (χ4n) is 1.70. The Kier molecular flexibility index (Phi) is 4.02. The number of carbonyl (C=O) groups excluding carboxylic acids is 2. The Bertz CT molecular complexity index is 364. The van der Waals surface area contributed by atoms with Gasteiger partial charge in [0, 0.05) is 19.4 Å². The van der Waals surface area contributed by atoms with E-state index in [1.165, 1.54) is 4.90 Å². The monoisotopic (exact) mass is 219 g/mol. The van der Waals surface area contributed by atoms with E-state index in [2.05, 4.69) is 0 Å². The number of hydrogen-bond donors (Lipinski definition) is 0. The van der Waals surface area contributed by atoms with Crippen molar-refractivity contribution in [2.45, 2.75) is 26.2 Å². The number of rotatable bonds is 3. The van der Waals surface area contributed by atoms with Gasteiger partial charge in [-0.1, -0.05) is 6.92 Å².